The molecule has 0 saturated heterocycles. The highest BCUT2D eigenvalue weighted by Gasteiger charge is 2.07. The van der Waals surface area contributed by atoms with Gasteiger partial charge in [-0.2, -0.15) is 0 Å². The first-order chi connectivity index (χ1) is 9.17. The molecule has 3 heteroatoms. The first kappa shape index (κ1) is 11.8. The fraction of sp³-hybridized carbons (Fsp3) is 0.188. The Balaban J connectivity index is 2.31. The van der Waals surface area contributed by atoms with E-state index in [-0.39, 0.29) is 0 Å². The van der Waals surface area contributed by atoms with Crippen molar-refractivity contribution in [1.29, 1.82) is 0 Å². The standard InChI is InChI=1S/C16H16N2O/c1-17-13-6-4-11-8-12-5-7-14(18(2)3)10-16(12)19-15(11)9-13/h4-10H,1-3H3/b17-13+. The Hall–Kier alpha value is -2.29. The van der Waals surface area contributed by atoms with Crippen molar-refractivity contribution < 1.29 is 4.42 Å². The highest BCUT2D eigenvalue weighted by Crippen LogP contribution is 2.29. The van der Waals surface area contributed by atoms with Gasteiger partial charge < -0.3 is 9.32 Å². The van der Waals surface area contributed by atoms with Gasteiger partial charge in [0.2, 0.25) is 0 Å². The quantitative estimate of drug-likeness (QED) is 0.622. The lowest BCUT2D eigenvalue weighted by atomic mass is 10.1. The molecule has 19 heavy (non-hydrogen) atoms. The molecule has 0 spiro atoms. The molecule has 1 aromatic rings. The van der Waals surface area contributed by atoms with E-state index in [1.54, 1.807) is 7.05 Å². The van der Waals surface area contributed by atoms with E-state index in [1.807, 2.05) is 32.3 Å². The van der Waals surface area contributed by atoms with Gasteiger partial charge in [-0.3, -0.25) is 4.99 Å². The average Bonchev–Trinajstić information content (AvgIpc) is 2.43. The van der Waals surface area contributed by atoms with Gasteiger partial charge in [-0.15, -0.1) is 0 Å². The molecule has 0 bridgehead atoms. The lowest BCUT2D eigenvalue weighted by Gasteiger charge is -2.13. The van der Waals surface area contributed by atoms with Crippen molar-refractivity contribution in [2.24, 2.45) is 4.99 Å². The Bertz CT molecular complexity index is 771. The van der Waals surface area contributed by atoms with Gasteiger partial charge in [-0.25, -0.2) is 0 Å². The van der Waals surface area contributed by atoms with Crippen molar-refractivity contribution in [3.8, 4) is 11.3 Å². The molecule has 0 saturated carbocycles. The van der Waals surface area contributed by atoms with E-state index in [0.29, 0.717) is 0 Å². The van der Waals surface area contributed by atoms with E-state index < -0.39 is 0 Å². The normalized spacial score (nSPS) is 12.3. The lowest BCUT2D eigenvalue weighted by Crippen LogP contribution is -2.08. The summed E-state index contributed by atoms with van der Waals surface area (Å²) in [4.78, 5) is 6.24. The number of benzene rings is 2. The van der Waals surface area contributed by atoms with Gasteiger partial charge in [-0.05, 0) is 30.3 Å². The zero-order chi connectivity index (χ0) is 13.4. The van der Waals surface area contributed by atoms with Crippen LogP contribution in [0.4, 0.5) is 5.69 Å². The topological polar surface area (TPSA) is 28.7 Å². The molecule has 2 aliphatic rings. The number of rotatable bonds is 1. The first-order valence-electron chi connectivity index (χ1n) is 6.25. The molecule has 3 rings (SSSR count). The van der Waals surface area contributed by atoms with Crippen molar-refractivity contribution in [2.75, 3.05) is 26.0 Å². The summed E-state index contributed by atoms with van der Waals surface area (Å²) >= 11 is 0. The van der Waals surface area contributed by atoms with E-state index in [4.69, 9.17) is 4.42 Å². The molecule has 0 unspecified atom stereocenters. The number of hydrogen-bond acceptors (Lipinski definition) is 3. The summed E-state index contributed by atoms with van der Waals surface area (Å²) in [6.07, 6.45) is 0. The third-order valence-electron chi connectivity index (χ3n) is 3.30. The summed E-state index contributed by atoms with van der Waals surface area (Å²) in [6, 6.07) is 14.4. The predicted molar refractivity (Wildman–Crippen MR) is 78.7 cm³/mol. The van der Waals surface area contributed by atoms with Crippen molar-refractivity contribution in [2.45, 2.75) is 0 Å². The summed E-state index contributed by atoms with van der Waals surface area (Å²) in [5.74, 6) is 0.867. The fourth-order valence-corrected chi connectivity index (χ4v) is 2.16. The van der Waals surface area contributed by atoms with Crippen molar-refractivity contribution in [3.05, 3.63) is 47.8 Å². The fourth-order valence-electron chi connectivity index (χ4n) is 2.16. The lowest BCUT2D eigenvalue weighted by molar-refractivity contribution is 0.618. The van der Waals surface area contributed by atoms with Crippen LogP contribution in [0.3, 0.4) is 0 Å². The van der Waals surface area contributed by atoms with Crippen LogP contribution < -0.4 is 10.3 Å². The molecule has 1 aliphatic heterocycles. The van der Waals surface area contributed by atoms with Crippen LogP contribution in [0.15, 0.2) is 51.9 Å². The number of anilines is 1. The minimum absolute atomic E-state index is 0.867. The summed E-state index contributed by atoms with van der Waals surface area (Å²) in [5, 5.41) is 2.04. The van der Waals surface area contributed by atoms with E-state index in [9.17, 15) is 0 Å². The molecular formula is C16H16N2O. The minimum Gasteiger partial charge on any atom is -0.456 e. The smallest absolute Gasteiger partial charge is 0.136 e. The van der Waals surface area contributed by atoms with Crippen LogP contribution >= 0.6 is 0 Å². The summed E-state index contributed by atoms with van der Waals surface area (Å²) in [5.41, 5.74) is 3.12. The average molecular weight is 252 g/mol. The molecule has 0 atom stereocenters. The number of fused-ring (bicyclic) bond motifs is 2. The van der Waals surface area contributed by atoms with E-state index in [2.05, 4.69) is 34.2 Å². The zero-order valence-electron chi connectivity index (χ0n) is 11.3. The second-order valence-corrected chi connectivity index (χ2v) is 4.81. The van der Waals surface area contributed by atoms with E-state index >= 15 is 0 Å². The molecule has 1 aromatic carbocycles. The molecule has 3 nitrogen and oxygen atoms in total. The second-order valence-electron chi connectivity index (χ2n) is 4.81. The highest BCUT2D eigenvalue weighted by atomic mass is 16.3. The van der Waals surface area contributed by atoms with Crippen LogP contribution in [0.1, 0.15) is 0 Å². The van der Waals surface area contributed by atoms with Gasteiger partial charge in [0.05, 0.1) is 5.36 Å². The van der Waals surface area contributed by atoms with Crippen LogP contribution in [-0.4, -0.2) is 21.1 Å². The molecule has 1 heterocycles. The van der Waals surface area contributed by atoms with E-state index in [1.165, 1.54) is 0 Å². The van der Waals surface area contributed by atoms with Crippen LogP contribution in [0, 0.1) is 0 Å². The van der Waals surface area contributed by atoms with Gasteiger partial charge in [0, 0.05) is 49.9 Å². The summed E-state index contributed by atoms with van der Waals surface area (Å²) in [7, 11) is 5.83. The van der Waals surface area contributed by atoms with Crippen molar-refractivity contribution in [3.63, 3.8) is 0 Å². The molecule has 96 valence electrons. The van der Waals surface area contributed by atoms with Gasteiger partial charge in [-0.1, -0.05) is 0 Å². The first-order valence-corrected chi connectivity index (χ1v) is 6.25. The minimum atomic E-state index is 0.867. The highest BCUT2D eigenvalue weighted by molar-refractivity contribution is 5.85. The molecule has 0 amide bonds. The molecule has 0 N–H and O–H groups in total. The third kappa shape index (κ3) is 2.08. The maximum atomic E-state index is 5.99. The van der Waals surface area contributed by atoms with Crippen LogP contribution in [0.2, 0.25) is 0 Å². The molecule has 1 aliphatic carbocycles. The van der Waals surface area contributed by atoms with Crippen molar-refractivity contribution in [1.82, 2.24) is 0 Å². The molecule has 0 radical (unpaired) electrons. The van der Waals surface area contributed by atoms with Gasteiger partial charge in [0.1, 0.15) is 11.3 Å². The third-order valence-corrected chi connectivity index (χ3v) is 3.30. The predicted octanol–water partition coefficient (Wildman–Crippen LogP) is 3.13. The van der Waals surface area contributed by atoms with Gasteiger partial charge in [0.25, 0.3) is 0 Å². The Morgan fingerprint density at radius 1 is 1.00 bits per heavy atom. The zero-order valence-corrected chi connectivity index (χ0v) is 11.3. The largest absolute Gasteiger partial charge is 0.456 e. The number of nitrogens with zero attached hydrogens (tertiary/aromatic N) is 2. The van der Waals surface area contributed by atoms with Gasteiger partial charge >= 0.3 is 0 Å². The summed E-state index contributed by atoms with van der Waals surface area (Å²) < 4.78 is 5.99. The van der Waals surface area contributed by atoms with E-state index in [0.717, 1.165) is 33.3 Å². The van der Waals surface area contributed by atoms with Gasteiger partial charge in [0.15, 0.2) is 0 Å². The Labute approximate surface area is 112 Å². The molecule has 0 fully saturated rings. The maximum Gasteiger partial charge on any atom is 0.136 e. The molecule has 0 aromatic heterocycles. The van der Waals surface area contributed by atoms with Crippen molar-refractivity contribution >= 4 is 16.7 Å². The monoisotopic (exact) mass is 252 g/mol. The van der Waals surface area contributed by atoms with Crippen LogP contribution in [-0.2, 0) is 0 Å². The maximum absolute atomic E-state index is 5.99. The summed E-state index contributed by atoms with van der Waals surface area (Å²) in [6.45, 7) is 0. The van der Waals surface area contributed by atoms with Crippen LogP contribution in [0.25, 0.3) is 22.3 Å². The second kappa shape index (κ2) is 4.43. The Kier molecular flexibility index (Phi) is 2.75. The Morgan fingerprint density at radius 3 is 2.58 bits per heavy atom. The number of hydrogen-bond donors (Lipinski definition) is 0. The SMILES string of the molecule is C/N=c1\ccc2cc3ccc(N(C)C)cc3oc-2c1. The molecular weight excluding hydrogens is 236 g/mol. The Morgan fingerprint density at radius 2 is 1.84 bits per heavy atom. The van der Waals surface area contributed by atoms with Crippen LogP contribution in [0.5, 0.6) is 0 Å².